The maximum atomic E-state index is 12.9. The Hall–Kier alpha value is -2.70. The minimum absolute atomic E-state index is 0.246. The van der Waals surface area contributed by atoms with Crippen molar-refractivity contribution in [2.45, 2.75) is 24.9 Å². The fraction of sp³-hybridized carbons (Fsp3) is 0.286. The number of piperidine rings is 1. The van der Waals surface area contributed by atoms with Crippen LogP contribution in [0.3, 0.4) is 0 Å². The van der Waals surface area contributed by atoms with Gasteiger partial charge in [0, 0.05) is 5.02 Å². The molecule has 1 unspecified atom stereocenters. The molecule has 28 heavy (non-hydrogen) atoms. The zero-order chi connectivity index (χ0) is 19.3. The molecule has 1 fully saturated rings. The van der Waals surface area contributed by atoms with Crippen LogP contribution in [0.2, 0.25) is 5.02 Å². The van der Waals surface area contributed by atoms with Crippen molar-refractivity contribution in [2.24, 2.45) is 0 Å². The Labute approximate surface area is 168 Å². The Balaban J connectivity index is 1.55. The summed E-state index contributed by atoms with van der Waals surface area (Å²) in [5, 5.41) is 15.4. The number of aromatic nitrogens is 3. The number of halogens is 1. The smallest absolute Gasteiger partial charge is 0.274 e. The fourth-order valence-electron chi connectivity index (χ4n) is 3.50. The van der Waals surface area contributed by atoms with E-state index >= 15 is 0 Å². The Morgan fingerprint density at radius 3 is 2.46 bits per heavy atom. The maximum Gasteiger partial charge on any atom is 0.274 e. The van der Waals surface area contributed by atoms with Gasteiger partial charge in [-0.1, -0.05) is 59.3 Å². The van der Waals surface area contributed by atoms with Crippen LogP contribution in [0, 0.1) is 0 Å². The van der Waals surface area contributed by atoms with Crippen LogP contribution in [-0.4, -0.2) is 34.0 Å². The second kappa shape index (κ2) is 8.54. The van der Waals surface area contributed by atoms with Crippen LogP contribution in [0.1, 0.15) is 46.5 Å². The molecule has 1 atom stereocenters. The summed E-state index contributed by atoms with van der Waals surface area (Å²) >= 11 is 6.03. The van der Waals surface area contributed by atoms with Crippen molar-refractivity contribution in [1.29, 1.82) is 0 Å². The van der Waals surface area contributed by atoms with Gasteiger partial charge in [0.2, 0.25) is 0 Å². The quantitative estimate of drug-likeness (QED) is 0.694. The SMILES string of the molecule is O=C(NC(c1ccccc1)c1ccc(Cl)cc1)c1cn(C2CCNCC2)nn1. The fourth-order valence-corrected chi connectivity index (χ4v) is 3.62. The average Bonchev–Trinajstić information content (AvgIpc) is 3.24. The van der Waals surface area contributed by atoms with E-state index in [-0.39, 0.29) is 18.0 Å². The molecular formula is C21H22ClN5O. The molecule has 7 heteroatoms. The van der Waals surface area contributed by atoms with E-state index < -0.39 is 0 Å². The van der Waals surface area contributed by atoms with Crippen LogP contribution < -0.4 is 10.6 Å². The average molecular weight is 396 g/mol. The third-order valence-corrected chi connectivity index (χ3v) is 5.29. The first-order valence-electron chi connectivity index (χ1n) is 9.44. The molecule has 1 aliphatic rings. The van der Waals surface area contributed by atoms with Gasteiger partial charge in [0.25, 0.3) is 5.91 Å². The summed E-state index contributed by atoms with van der Waals surface area (Å²) in [7, 11) is 0. The van der Waals surface area contributed by atoms with Crippen molar-refractivity contribution in [3.63, 3.8) is 0 Å². The van der Waals surface area contributed by atoms with Gasteiger partial charge < -0.3 is 10.6 Å². The van der Waals surface area contributed by atoms with Crippen LogP contribution in [0.15, 0.2) is 60.8 Å². The van der Waals surface area contributed by atoms with Crippen LogP contribution in [-0.2, 0) is 0 Å². The van der Waals surface area contributed by atoms with Gasteiger partial charge in [0.05, 0.1) is 18.3 Å². The summed E-state index contributed by atoms with van der Waals surface area (Å²) in [5.74, 6) is -0.246. The molecule has 2 aromatic carbocycles. The summed E-state index contributed by atoms with van der Waals surface area (Å²) in [6, 6.07) is 17.3. The zero-order valence-corrected chi connectivity index (χ0v) is 16.1. The van der Waals surface area contributed by atoms with E-state index in [1.54, 1.807) is 6.20 Å². The van der Waals surface area contributed by atoms with Crippen molar-refractivity contribution in [1.82, 2.24) is 25.6 Å². The predicted molar refractivity (Wildman–Crippen MR) is 108 cm³/mol. The van der Waals surface area contributed by atoms with Gasteiger partial charge in [-0.05, 0) is 49.2 Å². The second-order valence-corrected chi connectivity index (χ2v) is 7.37. The maximum absolute atomic E-state index is 12.9. The van der Waals surface area contributed by atoms with E-state index in [9.17, 15) is 4.79 Å². The van der Waals surface area contributed by atoms with E-state index in [0.717, 1.165) is 37.1 Å². The summed E-state index contributed by atoms with van der Waals surface area (Å²) in [6.07, 6.45) is 3.72. The van der Waals surface area contributed by atoms with Crippen LogP contribution in [0.25, 0.3) is 0 Å². The number of hydrogen-bond acceptors (Lipinski definition) is 4. The second-order valence-electron chi connectivity index (χ2n) is 6.93. The summed E-state index contributed by atoms with van der Waals surface area (Å²) in [4.78, 5) is 12.9. The van der Waals surface area contributed by atoms with E-state index in [1.807, 2.05) is 59.3 Å². The molecule has 0 spiro atoms. The van der Waals surface area contributed by atoms with Crippen LogP contribution in [0.5, 0.6) is 0 Å². The van der Waals surface area contributed by atoms with Gasteiger partial charge in [-0.3, -0.25) is 4.79 Å². The topological polar surface area (TPSA) is 71.8 Å². The standard InChI is InChI=1S/C21H22ClN5O/c22-17-8-6-16(7-9-17)20(15-4-2-1-3-5-15)24-21(28)19-14-27(26-25-19)18-10-12-23-13-11-18/h1-9,14,18,20,23H,10-13H2,(H,24,28). The highest BCUT2D eigenvalue weighted by Gasteiger charge is 2.22. The molecule has 0 radical (unpaired) electrons. The number of amides is 1. The largest absolute Gasteiger partial charge is 0.340 e. The van der Waals surface area contributed by atoms with E-state index in [0.29, 0.717) is 10.7 Å². The number of benzene rings is 2. The molecule has 6 nitrogen and oxygen atoms in total. The molecule has 1 amide bonds. The molecule has 1 saturated heterocycles. The molecular weight excluding hydrogens is 374 g/mol. The molecule has 0 bridgehead atoms. The lowest BCUT2D eigenvalue weighted by molar-refractivity contribution is 0.0938. The molecule has 2 heterocycles. The van der Waals surface area contributed by atoms with Crippen molar-refractivity contribution in [2.75, 3.05) is 13.1 Å². The monoisotopic (exact) mass is 395 g/mol. The summed E-state index contributed by atoms with van der Waals surface area (Å²) in [5.41, 5.74) is 2.27. The van der Waals surface area contributed by atoms with E-state index in [4.69, 9.17) is 11.6 Å². The van der Waals surface area contributed by atoms with Crippen molar-refractivity contribution >= 4 is 17.5 Å². The first kappa shape index (κ1) is 18.7. The number of carbonyl (C=O) groups excluding carboxylic acids is 1. The van der Waals surface area contributed by atoms with Crippen LogP contribution >= 0.6 is 11.6 Å². The van der Waals surface area contributed by atoms with Gasteiger partial charge in [0.1, 0.15) is 0 Å². The van der Waals surface area contributed by atoms with Crippen molar-refractivity contribution < 1.29 is 4.79 Å². The molecule has 2 N–H and O–H groups in total. The number of nitrogens with zero attached hydrogens (tertiary/aromatic N) is 3. The lowest BCUT2D eigenvalue weighted by Crippen LogP contribution is -2.30. The molecule has 1 aliphatic heterocycles. The summed E-state index contributed by atoms with van der Waals surface area (Å²) in [6.45, 7) is 1.91. The van der Waals surface area contributed by atoms with Crippen molar-refractivity contribution in [3.05, 3.63) is 82.6 Å². The number of rotatable bonds is 5. The van der Waals surface area contributed by atoms with Gasteiger partial charge in [-0.25, -0.2) is 4.68 Å². The first-order chi connectivity index (χ1) is 13.7. The lowest BCUT2D eigenvalue weighted by atomic mass is 9.98. The first-order valence-corrected chi connectivity index (χ1v) is 9.82. The zero-order valence-electron chi connectivity index (χ0n) is 15.4. The van der Waals surface area contributed by atoms with E-state index in [2.05, 4.69) is 20.9 Å². The van der Waals surface area contributed by atoms with Gasteiger partial charge in [-0.15, -0.1) is 5.10 Å². The number of nitrogens with one attached hydrogen (secondary N) is 2. The Morgan fingerprint density at radius 1 is 1.07 bits per heavy atom. The predicted octanol–water partition coefficient (Wildman–Crippen LogP) is 3.38. The minimum atomic E-state index is -0.296. The normalized spacial score (nSPS) is 15.9. The Bertz CT molecular complexity index is 919. The highest BCUT2D eigenvalue weighted by atomic mass is 35.5. The molecule has 4 rings (SSSR count). The molecule has 1 aromatic heterocycles. The molecule has 3 aromatic rings. The molecule has 0 saturated carbocycles. The number of hydrogen-bond donors (Lipinski definition) is 2. The van der Waals surface area contributed by atoms with Crippen LogP contribution in [0.4, 0.5) is 0 Å². The van der Waals surface area contributed by atoms with Gasteiger partial charge in [0.15, 0.2) is 5.69 Å². The van der Waals surface area contributed by atoms with E-state index in [1.165, 1.54) is 0 Å². The highest BCUT2D eigenvalue weighted by Crippen LogP contribution is 2.24. The summed E-state index contributed by atoms with van der Waals surface area (Å²) < 4.78 is 1.82. The van der Waals surface area contributed by atoms with Gasteiger partial charge in [-0.2, -0.15) is 0 Å². The van der Waals surface area contributed by atoms with Gasteiger partial charge >= 0.3 is 0 Å². The third-order valence-electron chi connectivity index (χ3n) is 5.04. The molecule has 0 aliphatic carbocycles. The highest BCUT2D eigenvalue weighted by molar-refractivity contribution is 6.30. The minimum Gasteiger partial charge on any atom is -0.340 e. The third kappa shape index (κ3) is 4.24. The Morgan fingerprint density at radius 2 is 1.75 bits per heavy atom. The lowest BCUT2D eigenvalue weighted by Gasteiger charge is -2.22. The molecule has 144 valence electrons. The number of carbonyl (C=O) groups is 1. The van der Waals surface area contributed by atoms with Crippen molar-refractivity contribution in [3.8, 4) is 0 Å². The Kier molecular flexibility index (Phi) is 5.69.